The zero-order chi connectivity index (χ0) is 13.4. The molecule has 7 nitrogen and oxygen atoms in total. The van der Waals surface area contributed by atoms with Crippen molar-refractivity contribution in [3.8, 4) is 0 Å². The molecule has 7 heteroatoms. The maximum absolute atomic E-state index is 11.7. The van der Waals surface area contributed by atoms with Crippen molar-refractivity contribution in [2.24, 2.45) is 0 Å². The topological polar surface area (TPSA) is 77.7 Å². The van der Waals surface area contributed by atoms with Gasteiger partial charge >= 0.3 is 0 Å². The van der Waals surface area contributed by atoms with E-state index in [1.165, 1.54) is 4.90 Å². The molecular weight excluding hydrogens is 238 g/mol. The molecule has 1 rings (SSSR count). The Bertz CT molecular complexity index is 367. The molecule has 1 aromatic heterocycles. The normalized spacial score (nSPS) is 10.6. The van der Waals surface area contributed by atoms with Crippen LogP contribution in [0.2, 0.25) is 0 Å². The second kappa shape index (κ2) is 7.78. The molecule has 1 aromatic rings. The number of nitrogens with zero attached hydrogens (tertiary/aromatic N) is 3. The molecule has 102 valence electrons. The maximum Gasteiger partial charge on any atom is 0.248 e. The average Bonchev–Trinajstić information content (AvgIpc) is 2.82. The van der Waals surface area contributed by atoms with Crippen LogP contribution < -0.4 is 0 Å². The fourth-order valence-electron chi connectivity index (χ4n) is 1.21. The van der Waals surface area contributed by atoms with Gasteiger partial charge in [0.15, 0.2) is 5.82 Å². The van der Waals surface area contributed by atoms with Gasteiger partial charge in [0.25, 0.3) is 0 Å². The molecule has 0 spiro atoms. The molecule has 0 aliphatic rings. The van der Waals surface area contributed by atoms with Gasteiger partial charge in [0.1, 0.15) is 6.61 Å². The first kappa shape index (κ1) is 14.6. The second-order valence-electron chi connectivity index (χ2n) is 3.75. The fourth-order valence-corrected chi connectivity index (χ4v) is 1.21. The van der Waals surface area contributed by atoms with Crippen LogP contribution in [-0.4, -0.2) is 54.9 Å². The quantitative estimate of drug-likeness (QED) is 0.621. The maximum atomic E-state index is 11.7. The molecule has 0 saturated heterocycles. The molecule has 0 saturated carbocycles. The van der Waals surface area contributed by atoms with Crippen molar-refractivity contribution in [2.75, 3.05) is 34.0 Å². The van der Waals surface area contributed by atoms with E-state index >= 15 is 0 Å². The summed E-state index contributed by atoms with van der Waals surface area (Å²) in [4.78, 5) is 17.3. The van der Waals surface area contributed by atoms with E-state index in [0.29, 0.717) is 37.9 Å². The lowest BCUT2D eigenvalue weighted by Crippen LogP contribution is -2.30. The van der Waals surface area contributed by atoms with Crippen LogP contribution in [0.5, 0.6) is 0 Å². The Kier molecular flexibility index (Phi) is 6.31. The lowest BCUT2D eigenvalue weighted by atomic mass is 10.4. The highest BCUT2D eigenvalue weighted by atomic mass is 16.5. The van der Waals surface area contributed by atoms with Crippen molar-refractivity contribution in [3.63, 3.8) is 0 Å². The smallest absolute Gasteiger partial charge is 0.248 e. The number of amides is 1. The van der Waals surface area contributed by atoms with Gasteiger partial charge in [-0.1, -0.05) is 12.1 Å². The minimum atomic E-state index is -0.131. The number of aromatic nitrogens is 2. The molecule has 0 radical (unpaired) electrons. The van der Waals surface area contributed by atoms with Crippen LogP contribution in [0.1, 0.15) is 18.6 Å². The molecule has 0 atom stereocenters. The Morgan fingerprint density at radius 2 is 2.22 bits per heavy atom. The van der Waals surface area contributed by atoms with Crippen LogP contribution in [0.15, 0.2) is 4.52 Å². The van der Waals surface area contributed by atoms with Gasteiger partial charge in [-0.3, -0.25) is 4.79 Å². The van der Waals surface area contributed by atoms with Crippen LogP contribution in [0.3, 0.4) is 0 Å². The summed E-state index contributed by atoms with van der Waals surface area (Å²) in [5.74, 6) is 0.940. The fraction of sp³-hybridized carbons (Fsp3) is 0.727. The number of ether oxygens (including phenoxy) is 2. The van der Waals surface area contributed by atoms with E-state index in [0.717, 1.165) is 0 Å². The van der Waals surface area contributed by atoms with Gasteiger partial charge in [-0.25, -0.2) is 0 Å². The molecule has 0 unspecified atom stereocenters. The van der Waals surface area contributed by atoms with Crippen LogP contribution >= 0.6 is 0 Å². The molecule has 0 N–H and O–H groups in total. The Labute approximate surface area is 106 Å². The van der Waals surface area contributed by atoms with Gasteiger partial charge < -0.3 is 18.9 Å². The van der Waals surface area contributed by atoms with Crippen molar-refractivity contribution >= 4 is 5.91 Å². The number of carbonyl (C=O) groups excluding carboxylic acids is 1. The monoisotopic (exact) mass is 257 g/mol. The van der Waals surface area contributed by atoms with Crippen LogP contribution in [0, 0.1) is 0 Å². The molecule has 0 aliphatic carbocycles. The predicted molar refractivity (Wildman–Crippen MR) is 62.8 cm³/mol. The third-order valence-electron chi connectivity index (χ3n) is 2.27. The van der Waals surface area contributed by atoms with E-state index < -0.39 is 0 Å². The summed E-state index contributed by atoms with van der Waals surface area (Å²) in [6.07, 6.45) is 0.685. The molecule has 0 aliphatic heterocycles. The number of rotatable bonds is 8. The van der Waals surface area contributed by atoms with E-state index in [9.17, 15) is 4.79 Å². The number of carbonyl (C=O) groups is 1. The van der Waals surface area contributed by atoms with Gasteiger partial charge in [0.2, 0.25) is 11.8 Å². The third-order valence-corrected chi connectivity index (χ3v) is 2.27. The number of methoxy groups -OCH3 is 1. The number of likely N-dealkylation sites (N-methyl/N-ethyl adjacent to an activating group) is 1. The molecule has 0 aromatic carbocycles. The Hall–Kier alpha value is -1.47. The summed E-state index contributed by atoms with van der Waals surface area (Å²) in [6.45, 7) is 3.14. The van der Waals surface area contributed by atoms with Gasteiger partial charge in [-0.05, 0) is 0 Å². The SMILES string of the molecule is CCc1nc(CN(C)C(=O)COCCOC)no1. The van der Waals surface area contributed by atoms with Crippen molar-refractivity contribution in [3.05, 3.63) is 11.7 Å². The summed E-state index contributed by atoms with van der Waals surface area (Å²) < 4.78 is 14.9. The van der Waals surface area contributed by atoms with E-state index in [1.807, 2.05) is 6.92 Å². The second-order valence-corrected chi connectivity index (χ2v) is 3.75. The first-order valence-electron chi connectivity index (χ1n) is 5.79. The highest BCUT2D eigenvalue weighted by Gasteiger charge is 2.13. The van der Waals surface area contributed by atoms with E-state index in [1.54, 1.807) is 14.2 Å². The van der Waals surface area contributed by atoms with Crippen LogP contribution in [0.25, 0.3) is 0 Å². The molecule has 18 heavy (non-hydrogen) atoms. The molecule has 0 bridgehead atoms. The lowest BCUT2D eigenvalue weighted by Gasteiger charge is -2.14. The summed E-state index contributed by atoms with van der Waals surface area (Å²) in [7, 11) is 3.25. The summed E-state index contributed by atoms with van der Waals surface area (Å²) >= 11 is 0. The van der Waals surface area contributed by atoms with Gasteiger partial charge in [0, 0.05) is 20.6 Å². The van der Waals surface area contributed by atoms with Crippen molar-refractivity contribution in [1.29, 1.82) is 0 Å². The lowest BCUT2D eigenvalue weighted by molar-refractivity contribution is -0.135. The van der Waals surface area contributed by atoms with E-state index in [2.05, 4.69) is 10.1 Å². The minimum absolute atomic E-state index is 0.0261. The average molecular weight is 257 g/mol. The van der Waals surface area contributed by atoms with E-state index in [4.69, 9.17) is 14.0 Å². The van der Waals surface area contributed by atoms with Gasteiger partial charge in [-0.2, -0.15) is 4.98 Å². The summed E-state index contributed by atoms with van der Waals surface area (Å²) in [6, 6.07) is 0. The highest BCUT2D eigenvalue weighted by Crippen LogP contribution is 2.01. The molecule has 0 fully saturated rings. The van der Waals surface area contributed by atoms with Crippen LogP contribution in [0.4, 0.5) is 0 Å². The molecule has 1 amide bonds. The zero-order valence-electron chi connectivity index (χ0n) is 11.0. The zero-order valence-corrected chi connectivity index (χ0v) is 11.0. The molecule has 1 heterocycles. The highest BCUT2D eigenvalue weighted by molar-refractivity contribution is 5.77. The van der Waals surface area contributed by atoms with Gasteiger partial charge in [-0.15, -0.1) is 0 Å². The Morgan fingerprint density at radius 3 is 2.83 bits per heavy atom. The van der Waals surface area contributed by atoms with Crippen LogP contribution in [-0.2, 0) is 27.2 Å². The molecular formula is C11H19N3O4. The third kappa shape index (κ3) is 4.80. The van der Waals surface area contributed by atoms with Gasteiger partial charge in [0.05, 0.1) is 19.8 Å². The predicted octanol–water partition coefficient (Wildman–Crippen LogP) is 0.253. The largest absolute Gasteiger partial charge is 0.382 e. The number of hydrogen-bond donors (Lipinski definition) is 0. The Balaban J connectivity index is 2.30. The summed E-state index contributed by atoms with van der Waals surface area (Å²) in [5, 5.41) is 3.78. The first-order chi connectivity index (χ1) is 8.67. The summed E-state index contributed by atoms with van der Waals surface area (Å²) in [5.41, 5.74) is 0. The van der Waals surface area contributed by atoms with E-state index in [-0.39, 0.29) is 12.5 Å². The minimum Gasteiger partial charge on any atom is -0.382 e. The van der Waals surface area contributed by atoms with Crippen molar-refractivity contribution < 1.29 is 18.8 Å². The van der Waals surface area contributed by atoms with Crippen molar-refractivity contribution in [1.82, 2.24) is 15.0 Å². The van der Waals surface area contributed by atoms with Crippen molar-refractivity contribution in [2.45, 2.75) is 19.9 Å². The first-order valence-corrected chi connectivity index (χ1v) is 5.79. The standard InChI is InChI=1S/C11H19N3O4/c1-4-10-12-9(13-18-10)7-14(2)11(15)8-17-6-5-16-3/h4-8H2,1-3H3. The number of hydrogen-bond acceptors (Lipinski definition) is 6. The Morgan fingerprint density at radius 1 is 1.44 bits per heavy atom. The number of aryl methyl sites for hydroxylation is 1.